The highest BCUT2D eigenvalue weighted by molar-refractivity contribution is 6.07. The summed E-state index contributed by atoms with van der Waals surface area (Å²) in [7, 11) is 0. The zero-order valence-electron chi connectivity index (χ0n) is 26.4. The van der Waals surface area contributed by atoms with Crippen molar-refractivity contribution in [2.75, 3.05) is 0 Å². The van der Waals surface area contributed by atoms with Crippen LogP contribution in [0.2, 0.25) is 0 Å². The highest BCUT2D eigenvalue weighted by Gasteiger charge is 2.36. The maximum Gasteiger partial charge on any atom is 0.161 e. The molecule has 1 heterocycles. The lowest BCUT2D eigenvalue weighted by atomic mass is 9.81. The van der Waals surface area contributed by atoms with E-state index in [1.165, 1.54) is 49.5 Å². The first-order valence-corrected chi connectivity index (χ1v) is 16.3. The van der Waals surface area contributed by atoms with Crippen LogP contribution in [-0.2, 0) is 5.41 Å². The molecule has 222 valence electrons. The van der Waals surface area contributed by atoms with Crippen LogP contribution >= 0.6 is 0 Å². The fourth-order valence-corrected chi connectivity index (χ4v) is 7.52. The van der Waals surface area contributed by atoms with Gasteiger partial charge in [0.15, 0.2) is 5.82 Å². The van der Waals surface area contributed by atoms with Gasteiger partial charge in [-0.2, -0.15) is 0 Å². The highest BCUT2D eigenvalue weighted by atomic mass is 14.9. The molecule has 0 aliphatic heterocycles. The quantitative estimate of drug-likeness (QED) is 0.201. The molecule has 0 radical (unpaired) electrons. The van der Waals surface area contributed by atoms with Crippen LogP contribution in [-0.4, -0.2) is 9.97 Å². The first-order valence-electron chi connectivity index (χ1n) is 16.3. The highest BCUT2D eigenvalue weighted by Crippen LogP contribution is 2.52. The topological polar surface area (TPSA) is 25.8 Å². The Balaban J connectivity index is 1.23. The van der Waals surface area contributed by atoms with Gasteiger partial charge in [0.25, 0.3) is 0 Å². The van der Waals surface area contributed by atoms with E-state index in [1.54, 1.807) is 0 Å². The van der Waals surface area contributed by atoms with Crippen LogP contribution in [0, 0.1) is 0 Å². The zero-order chi connectivity index (χ0) is 31.5. The molecule has 9 rings (SSSR count). The van der Waals surface area contributed by atoms with Gasteiger partial charge >= 0.3 is 0 Å². The SMILES string of the molecule is CC1(C)c2ccc(-c3ccc(-c4nc(-c5ccccc5)cc(-c5ccccc5)n4)c4ccccc34)cc2-c2c1ccc1ccccc21. The minimum Gasteiger partial charge on any atom is -0.228 e. The van der Waals surface area contributed by atoms with Gasteiger partial charge in [-0.05, 0) is 73.1 Å². The normalized spacial score (nSPS) is 13.1. The molecule has 0 bridgehead atoms. The van der Waals surface area contributed by atoms with E-state index in [9.17, 15) is 0 Å². The Kier molecular flexibility index (Phi) is 6.20. The van der Waals surface area contributed by atoms with Crippen LogP contribution in [0.25, 0.3) is 77.7 Å². The maximum absolute atomic E-state index is 5.16. The summed E-state index contributed by atoms with van der Waals surface area (Å²) in [6.07, 6.45) is 0. The molecule has 1 aliphatic carbocycles. The monoisotopic (exact) mass is 600 g/mol. The van der Waals surface area contributed by atoms with Crippen LogP contribution in [0.5, 0.6) is 0 Å². The zero-order valence-corrected chi connectivity index (χ0v) is 26.4. The van der Waals surface area contributed by atoms with Gasteiger partial charge in [0.2, 0.25) is 0 Å². The molecule has 2 heteroatoms. The van der Waals surface area contributed by atoms with E-state index >= 15 is 0 Å². The second-order valence-corrected chi connectivity index (χ2v) is 13.0. The standard InChI is InChI=1S/C45H32N2/c1-45(2)39-25-22-32(27-38(39)43-34-18-10-9-13-29(34)21-26-40(43)45)33-23-24-37(36-20-12-11-19-35(33)36)44-46-41(30-14-5-3-6-15-30)28-42(47-44)31-16-7-4-8-17-31/h3-28H,1-2H3. The molecule has 0 saturated heterocycles. The van der Waals surface area contributed by atoms with Crippen molar-refractivity contribution >= 4 is 21.5 Å². The van der Waals surface area contributed by atoms with Gasteiger partial charge in [-0.15, -0.1) is 0 Å². The minimum atomic E-state index is -0.0588. The second kappa shape index (κ2) is 10.6. The first kappa shape index (κ1) is 27.5. The number of aromatic nitrogens is 2. The van der Waals surface area contributed by atoms with Gasteiger partial charge < -0.3 is 0 Å². The Morgan fingerprint density at radius 2 is 0.957 bits per heavy atom. The molecule has 0 spiro atoms. The average molecular weight is 601 g/mol. The predicted octanol–water partition coefficient (Wildman–Crippen LogP) is 11.8. The van der Waals surface area contributed by atoms with Crippen molar-refractivity contribution in [3.8, 4) is 56.2 Å². The lowest BCUT2D eigenvalue weighted by molar-refractivity contribution is 0.661. The third-order valence-electron chi connectivity index (χ3n) is 9.91. The molecule has 0 saturated carbocycles. The molecule has 8 aromatic rings. The van der Waals surface area contributed by atoms with Crippen LogP contribution in [0.3, 0.4) is 0 Å². The third-order valence-corrected chi connectivity index (χ3v) is 9.91. The van der Waals surface area contributed by atoms with Crippen molar-refractivity contribution in [2.45, 2.75) is 19.3 Å². The van der Waals surface area contributed by atoms with Crippen molar-refractivity contribution in [1.29, 1.82) is 0 Å². The van der Waals surface area contributed by atoms with E-state index in [1.807, 2.05) is 12.1 Å². The summed E-state index contributed by atoms with van der Waals surface area (Å²) >= 11 is 0. The van der Waals surface area contributed by atoms with Crippen molar-refractivity contribution in [3.63, 3.8) is 0 Å². The summed E-state index contributed by atoms with van der Waals surface area (Å²) in [6, 6.07) is 56.4. The summed E-state index contributed by atoms with van der Waals surface area (Å²) < 4.78 is 0. The van der Waals surface area contributed by atoms with Gasteiger partial charge in [-0.25, -0.2) is 9.97 Å². The minimum absolute atomic E-state index is 0.0588. The maximum atomic E-state index is 5.16. The summed E-state index contributed by atoms with van der Waals surface area (Å²) in [6.45, 7) is 4.70. The molecule has 2 nitrogen and oxygen atoms in total. The number of rotatable bonds is 4. The Bertz CT molecular complexity index is 2420. The Morgan fingerprint density at radius 3 is 1.64 bits per heavy atom. The van der Waals surface area contributed by atoms with Gasteiger partial charge in [0.1, 0.15) is 0 Å². The van der Waals surface area contributed by atoms with E-state index < -0.39 is 0 Å². The summed E-state index contributed by atoms with van der Waals surface area (Å²) in [5.74, 6) is 0.726. The van der Waals surface area contributed by atoms with E-state index in [-0.39, 0.29) is 5.41 Å². The van der Waals surface area contributed by atoms with Crippen molar-refractivity contribution in [2.24, 2.45) is 0 Å². The van der Waals surface area contributed by atoms with Crippen LogP contribution in [0.4, 0.5) is 0 Å². The van der Waals surface area contributed by atoms with Gasteiger partial charge in [0.05, 0.1) is 11.4 Å². The molecular weight excluding hydrogens is 569 g/mol. The van der Waals surface area contributed by atoms with Crippen LogP contribution in [0.1, 0.15) is 25.0 Å². The molecule has 0 atom stereocenters. The van der Waals surface area contributed by atoms with Gasteiger partial charge in [-0.3, -0.25) is 0 Å². The van der Waals surface area contributed by atoms with Crippen molar-refractivity contribution in [3.05, 3.63) is 169 Å². The molecule has 0 amide bonds. The summed E-state index contributed by atoms with van der Waals surface area (Å²) in [5.41, 5.74) is 12.8. The molecule has 1 aliphatic rings. The van der Waals surface area contributed by atoms with E-state index in [0.29, 0.717) is 0 Å². The smallest absolute Gasteiger partial charge is 0.161 e. The molecule has 0 N–H and O–H groups in total. The van der Waals surface area contributed by atoms with Crippen LogP contribution < -0.4 is 0 Å². The van der Waals surface area contributed by atoms with E-state index in [2.05, 4.69) is 159 Å². The fourth-order valence-electron chi connectivity index (χ4n) is 7.52. The Labute approximate surface area is 275 Å². The lowest BCUT2D eigenvalue weighted by Gasteiger charge is -2.21. The summed E-state index contributed by atoms with van der Waals surface area (Å²) in [4.78, 5) is 10.3. The van der Waals surface area contributed by atoms with Gasteiger partial charge in [0, 0.05) is 22.1 Å². The Morgan fingerprint density at radius 1 is 0.404 bits per heavy atom. The number of hydrogen-bond donors (Lipinski definition) is 0. The molecular formula is C45H32N2. The molecule has 0 unspecified atom stereocenters. The number of hydrogen-bond acceptors (Lipinski definition) is 2. The number of fused-ring (bicyclic) bond motifs is 6. The fraction of sp³-hybridized carbons (Fsp3) is 0.0667. The lowest BCUT2D eigenvalue weighted by Crippen LogP contribution is -2.14. The molecule has 47 heavy (non-hydrogen) atoms. The molecule has 1 aromatic heterocycles. The number of benzene rings is 7. The first-order chi connectivity index (χ1) is 23.1. The largest absolute Gasteiger partial charge is 0.228 e. The van der Waals surface area contributed by atoms with Crippen molar-refractivity contribution < 1.29 is 0 Å². The second-order valence-electron chi connectivity index (χ2n) is 13.0. The Hall–Kier alpha value is -5.86. The summed E-state index contributed by atoms with van der Waals surface area (Å²) in [5, 5.41) is 4.93. The number of nitrogens with zero attached hydrogens (tertiary/aromatic N) is 2. The van der Waals surface area contributed by atoms with Crippen molar-refractivity contribution in [1.82, 2.24) is 9.97 Å². The molecule has 0 fully saturated rings. The average Bonchev–Trinajstić information content (AvgIpc) is 3.37. The van der Waals surface area contributed by atoms with E-state index in [0.717, 1.165) is 39.3 Å². The molecule has 7 aromatic carbocycles. The van der Waals surface area contributed by atoms with Gasteiger partial charge in [-0.1, -0.05) is 153 Å². The van der Waals surface area contributed by atoms with Crippen LogP contribution in [0.15, 0.2) is 158 Å². The third kappa shape index (κ3) is 4.40. The van der Waals surface area contributed by atoms with E-state index in [4.69, 9.17) is 9.97 Å². The predicted molar refractivity (Wildman–Crippen MR) is 196 cm³/mol.